The predicted molar refractivity (Wildman–Crippen MR) is 44.1 cm³/mol. The maximum absolute atomic E-state index is 12.2. The van der Waals surface area contributed by atoms with Crippen LogP contribution in [0.25, 0.3) is 0 Å². The van der Waals surface area contributed by atoms with Gasteiger partial charge in [0.15, 0.2) is 0 Å². The first-order valence-electron chi connectivity index (χ1n) is 3.88. The Kier molecular flexibility index (Phi) is 3.13. The van der Waals surface area contributed by atoms with E-state index in [1.165, 1.54) is 6.07 Å². The van der Waals surface area contributed by atoms with Gasteiger partial charge >= 0.3 is 12.3 Å². The lowest BCUT2D eigenvalue weighted by Crippen LogP contribution is -2.20. The van der Waals surface area contributed by atoms with Crippen molar-refractivity contribution >= 4 is 6.09 Å². The molecule has 0 aliphatic heterocycles. The second-order valence-electron chi connectivity index (χ2n) is 2.71. The van der Waals surface area contributed by atoms with Crippen molar-refractivity contribution in [1.29, 1.82) is 0 Å². The van der Waals surface area contributed by atoms with Gasteiger partial charge in [0.2, 0.25) is 0 Å². The van der Waals surface area contributed by atoms with Crippen LogP contribution in [-0.2, 0) is 12.7 Å². The number of nitrogens with one attached hydrogen (secondary N) is 1. The van der Waals surface area contributed by atoms with Gasteiger partial charge in [0.25, 0.3) is 0 Å². The molecule has 0 atom stereocenters. The highest BCUT2D eigenvalue weighted by molar-refractivity contribution is 5.64. The largest absolute Gasteiger partial charge is 0.465 e. The molecule has 0 spiro atoms. The van der Waals surface area contributed by atoms with E-state index in [0.717, 1.165) is 12.3 Å². The summed E-state index contributed by atoms with van der Waals surface area (Å²) in [6, 6.07) is 2.11. The minimum Gasteiger partial charge on any atom is -0.465 e. The topological polar surface area (TPSA) is 62.2 Å². The molecule has 0 bridgehead atoms. The number of halogens is 3. The van der Waals surface area contributed by atoms with Gasteiger partial charge in [0.05, 0.1) is 0 Å². The zero-order chi connectivity index (χ0) is 11.5. The van der Waals surface area contributed by atoms with E-state index in [2.05, 4.69) is 4.98 Å². The quantitative estimate of drug-likeness (QED) is 0.799. The summed E-state index contributed by atoms with van der Waals surface area (Å²) in [5, 5.41) is 10.2. The number of nitrogens with zero attached hydrogens (tertiary/aromatic N) is 1. The van der Waals surface area contributed by atoms with Gasteiger partial charge in [-0.15, -0.1) is 0 Å². The number of pyridine rings is 1. The lowest BCUT2D eigenvalue weighted by molar-refractivity contribution is -0.141. The van der Waals surface area contributed by atoms with Gasteiger partial charge in [-0.05, 0) is 17.7 Å². The Bertz CT molecular complexity index is 365. The van der Waals surface area contributed by atoms with Gasteiger partial charge in [-0.1, -0.05) is 0 Å². The smallest absolute Gasteiger partial charge is 0.433 e. The maximum atomic E-state index is 12.2. The van der Waals surface area contributed by atoms with Crippen LogP contribution in [0.5, 0.6) is 0 Å². The molecule has 0 aliphatic rings. The zero-order valence-corrected chi connectivity index (χ0v) is 7.38. The van der Waals surface area contributed by atoms with Gasteiger partial charge in [0, 0.05) is 12.7 Å². The van der Waals surface area contributed by atoms with Crippen molar-refractivity contribution in [3.63, 3.8) is 0 Å². The number of amides is 1. The molecule has 1 amide bonds. The van der Waals surface area contributed by atoms with E-state index >= 15 is 0 Å². The third-order valence-electron chi connectivity index (χ3n) is 1.56. The molecule has 0 saturated carbocycles. The first kappa shape index (κ1) is 11.3. The first-order valence-corrected chi connectivity index (χ1v) is 3.88. The first-order chi connectivity index (χ1) is 6.89. The molecule has 4 nitrogen and oxygen atoms in total. The third-order valence-corrected chi connectivity index (χ3v) is 1.56. The molecule has 0 unspecified atom stereocenters. The minimum absolute atomic E-state index is 0.180. The highest BCUT2D eigenvalue weighted by Gasteiger charge is 2.32. The molecule has 1 heterocycles. The van der Waals surface area contributed by atoms with E-state index in [4.69, 9.17) is 5.11 Å². The summed E-state index contributed by atoms with van der Waals surface area (Å²) in [6.45, 7) is -0.180. The molecule has 0 radical (unpaired) electrons. The molecular weight excluding hydrogens is 213 g/mol. The second kappa shape index (κ2) is 4.16. The molecule has 82 valence electrons. The predicted octanol–water partition coefficient (Wildman–Crippen LogP) is 1.87. The van der Waals surface area contributed by atoms with Crippen molar-refractivity contribution in [3.8, 4) is 0 Å². The Balaban J connectivity index is 2.79. The molecule has 0 saturated heterocycles. The van der Waals surface area contributed by atoms with Crippen LogP contribution in [0.2, 0.25) is 0 Å². The Morgan fingerprint density at radius 3 is 2.73 bits per heavy atom. The van der Waals surface area contributed by atoms with E-state index < -0.39 is 18.0 Å². The third kappa shape index (κ3) is 3.45. The van der Waals surface area contributed by atoms with Crippen LogP contribution < -0.4 is 5.32 Å². The van der Waals surface area contributed by atoms with Gasteiger partial charge < -0.3 is 10.4 Å². The Hall–Kier alpha value is -1.79. The highest BCUT2D eigenvalue weighted by Crippen LogP contribution is 2.27. The molecular formula is C8H7F3N2O2. The molecule has 15 heavy (non-hydrogen) atoms. The Labute approximate surface area is 82.7 Å². The summed E-state index contributed by atoms with van der Waals surface area (Å²) in [6.07, 6.45) is -4.82. The monoisotopic (exact) mass is 220 g/mol. The molecule has 0 aliphatic carbocycles. The van der Waals surface area contributed by atoms with Crippen LogP contribution in [0.4, 0.5) is 18.0 Å². The highest BCUT2D eigenvalue weighted by atomic mass is 19.4. The number of hydrogen-bond donors (Lipinski definition) is 2. The lowest BCUT2D eigenvalue weighted by atomic mass is 10.2. The van der Waals surface area contributed by atoms with Gasteiger partial charge in [-0.2, -0.15) is 13.2 Å². The Morgan fingerprint density at radius 2 is 2.20 bits per heavy atom. The standard InChI is InChI=1S/C8H7F3N2O2/c9-8(10,11)6-3-5(1-2-12-6)4-13-7(14)15/h1-3,13H,4H2,(H,14,15). The van der Waals surface area contributed by atoms with Crippen LogP contribution in [-0.4, -0.2) is 16.2 Å². The van der Waals surface area contributed by atoms with Gasteiger partial charge in [0.1, 0.15) is 5.69 Å². The summed E-state index contributed by atoms with van der Waals surface area (Å²) in [4.78, 5) is 13.2. The van der Waals surface area contributed by atoms with E-state index in [0.29, 0.717) is 0 Å². The molecule has 7 heteroatoms. The van der Waals surface area contributed by atoms with Crippen LogP contribution in [0, 0.1) is 0 Å². The maximum Gasteiger partial charge on any atom is 0.433 e. The fourth-order valence-electron chi connectivity index (χ4n) is 0.917. The summed E-state index contributed by atoms with van der Waals surface area (Å²) < 4.78 is 36.5. The molecule has 0 fully saturated rings. The number of hydrogen-bond acceptors (Lipinski definition) is 2. The number of rotatable bonds is 2. The van der Waals surface area contributed by atoms with Crippen molar-refractivity contribution in [3.05, 3.63) is 29.6 Å². The number of aromatic nitrogens is 1. The normalized spacial score (nSPS) is 11.1. The molecule has 1 aromatic rings. The summed E-state index contributed by atoms with van der Waals surface area (Å²) in [7, 11) is 0. The van der Waals surface area contributed by atoms with E-state index in [9.17, 15) is 18.0 Å². The minimum atomic E-state index is -4.51. The van der Waals surface area contributed by atoms with Crippen LogP contribution in [0.15, 0.2) is 18.3 Å². The average molecular weight is 220 g/mol. The van der Waals surface area contributed by atoms with Crippen molar-refractivity contribution in [2.75, 3.05) is 0 Å². The zero-order valence-electron chi connectivity index (χ0n) is 7.38. The van der Waals surface area contributed by atoms with Crippen LogP contribution in [0.1, 0.15) is 11.3 Å². The van der Waals surface area contributed by atoms with E-state index in [1.807, 2.05) is 5.32 Å². The van der Waals surface area contributed by atoms with Crippen molar-refractivity contribution in [2.45, 2.75) is 12.7 Å². The number of carbonyl (C=O) groups is 1. The number of carboxylic acid groups (broad SMARTS) is 1. The van der Waals surface area contributed by atoms with Gasteiger partial charge in [-0.3, -0.25) is 4.98 Å². The van der Waals surface area contributed by atoms with Crippen molar-refractivity contribution in [2.24, 2.45) is 0 Å². The summed E-state index contributed by atoms with van der Waals surface area (Å²) in [5.41, 5.74) is -0.827. The second-order valence-corrected chi connectivity index (χ2v) is 2.71. The fraction of sp³-hybridized carbons (Fsp3) is 0.250. The fourth-order valence-corrected chi connectivity index (χ4v) is 0.917. The van der Waals surface area contributed by atoms with Crippen LogP contribution in [0.3, 0.4) is 0 Å². The molecule has 1 aromatic heterocycles. The average Bonchev–Trinajstić information content (AvgIpc) is 2.14. The van der Waals surface area contributed by atoms with Crippen molar-refractivity contribution in [1.82, 2.24) is 10.3 Å². The SMILES string of the molecule is O=C(O)NCc1ccnc(C(F)(F)F)c1. The van der Waals surface area contributed by atoms with Gasteiger partial charge in [-0.25, -0.2) is 4.79 Å². The van der Waals surface area contributed by atoms with E-state index in [-0.39, 0.29) is 12.1 Å². The number of alkyl halides is 3. The summed E-state index contributed by atoms with van der Waals surface area (Å²) in [5.74, 6) is 0. The van der Waals surface area contributed by atoms with E-state index in [1.54, 1.807) is 0 Å². The summed E-state index contributed by atoms with van der Waals surface area (Å²) >= 11 is 0. The molecule has 2 N–H and O–H groups in total. The lowest BCUT2D eigenvalue weighted by Gasteiger charge is -2.07. The van der Waals surface area contributed by atoms with Crippen LogP contribution >= 0.6 is 0 Å². The Morgan fingerprint density at radius 1 is 1.53 bits per heavy atom. The van der Waals surface area contributed by atoms with Crippen molar-refractivity contribution < 1.29 is 23.1 Å². The molecule has 0 aromatic carbocycles. The molecule has 1 rings (SSSR count).